The molecule has 1 aromatic rings. The van der Waals surface area contributed by atoms with Gasteiger partial charge < -0.3 is 16.0 Å². The van der Waals surface area contributed by atoms with Crippen LogP contribution in [0.4, 0.5) is 0 Å². The molecule has 20 heavy (non-hydrogen) atoms. The number of nitrogens with two attached hydrogens (primary N) is 1. The van der Waals surface area contributed by atoms with Crippen molar-refractivity contribution >= 4 is 24.2 Å². The van der Waals surface area contributed by atoms with Gasteiger partial charge in [-0.1, -0.05) is 30.3 Å². The summed E-state index contributed by atoms with van der Waals surface area (Å²) in [4.78, 5) is 25.3. The Bertz CT molecular complexity index is 467. The van der Waals surface area contributed by atoms with Gasteiger partial charge in [-0.3, -0.25) is 9.59 Å². The van der Waals surface area contributed by atoms with Crippen molar-refractivity contribution in [2.45, 2.75) is 18.4 Å². The third-order valence-corrected chi connectivity index (χ3v) is 3.44. The third kappa shape index (κ3) is 3.71. The Labute approximate surface area is 124 Å². The lowest BCUT2D eigenvalue weighted by Gasteiger charge is -2.18. The standard InChI is InChI=1S/C14H19N3O2.ClH/c1-17-9-11(7-13(17)18)16-14(19)12(8-15)10-5-3-2-4-6-10;/h2-6,11-12H,7-9,15H2,1H3,(H,16,19);1H. The van der Waals surface area contributed by atoms with Gasteiger partial charge in [0.05, 0.1) is 12.0 Å². The monoisotopic (exact) mass is 297 g/mol. The van der Waals surface area contributed by atoms with Gasteiger partial charge in [0.1, 0.15) is 0 Å². The summed E-state index contributed by atoms with van der Waals surface area (Å²) in [5.74, 6) is -0.404. The first kappa shape index (κ1) is 16.5. The maximum absolute atomic E-state index is 12.2. The lowest BCUT2D eigenvalue weighted by molar-refractivity contribution is -0.126. The fourth-order valence-corrected chi connectivity index (χ4v) is 2.34. The lowest BCUT2D eigenvalue weighted by Crippen LogP contribution is -2.41. The van der Waals surface area contributed by atoms with Crippen LogP contribution in [0.2, 0.25) is 0 Å². The number of rotatable bonds is 4. The van der Waals surface area contributed by atoms with E-state index in [9.17, 15) is 9.59 Å². The molecule has 0 radical (unpaired) electrons. The SMILES string of the molecule is CN1CC(NC(=O)C(CN)c2ccccc2)CC1=O.Cl. The van der Waals surface area contributed by atoms with Crippen molar-refractivity contribution < 1.29 is 9.59 Å². The van der Waals surface area contributed by atoms with E-state index in [2.05, 4.69) is 5.32 Å². The number of carbonyl (C=O) groups excluding carboxylic acids is 2. The average molecular weight is 298 g/mol. The molecule has 2 rings (SSSR count). The molecule has 0 spiro atoms. The van der Waals surface area contributed by atoms with Crippen LogP contribution in [0.3, 0.4) is 0 Å². The van der Waals surface area contributed by atoms with Gasteiger partial charge in [0.25, 0.3) is 0 Å². The smallest absolute Gasteiger partial charge is 0.229 e. The molecule has 6 heteroatoms. The van der Waals surface area contributed by atoms with Crippen molar-refractivity contribution in [2.24, 2.45) is 5.73 Å². The molecular weight excluding hydrogens is 278 g/mol. The van der Waals surface area contributed by atoms with Crippen molar-refractivity contribution in [1.29, 1.82) is 0 Å². The normalized spacial score (nSPS) is 19.4. The summed E-state index contributed by atoms with van der Waals surface area (Å²) in [7, 11) is 1.74. The number of nitrogens with one attached hydrogen (secondary N) is 1. The van der Waals surface area contributed by atoms with E-state index in [1.165, 1.54) is 0 Å². The molecule has 1 aliphatic rings. The maximum atomic E-state index is 12.2. The zero-order chi connectivity index (χ0) is 13.8. The second kappa shape index (κ2) is 7.26. The zero-order valence-electron chi connectivity index (χ0n) is 11.4. The first-order valence-electron chi connectivity index (χ1n) is 6.41. The minimum absolute atomic E-state index is 0. The van der Waals surface area contributed by atoms with Crippen LogP contribution in [-0.2, 0) is 9.59 Å². The fourth-order valence-electron chi connectivity index (χ4n) is 2.34. The van der Waals surface area contributed by atoms with E-state index in [1.807, 2.05) is 30.3 Å². The first-order valence-corrected chi connectivity index (χ1v) is 6.41. The molecular formula is C14H20ClN3O2. The number of hydrogen-bond donors (Lipinski definition) is 2. The number of carbonyl (C=O) groups is 2. The first-order chi connectivity index (χ1) is 9.11. The van der Waals surface area contributed by atoms with E-state index in [4.69, 9.17) is 5.73 Å². The Morgan fingerprint density at radius 2 is 2.10 bits per heavy atom. The molecule has 2 unspecified atom stereocenters. The van der Waals surface area contributed by atoms with Gasteiger partial charge >= 0.3 is 0 Å². The van der Waals surface area contributed by atoms with Gasteiger partial charge in [-0.15, -0.1) is 12.4 Å². The highest BCUT2D eigenvalue weighted by atomic mass is 35.5. The molecule has 1 aliphatic heterocycles. The minimum atomic E-state index is -0.359. The summed E-state index contributed by atoms with van der Waals surface area (Å²) < 4.78 is 0. The quantitative estimate of drug-likeness (QED) is 0.850. The number of benzene rings is 1. The van der Waals surface area contributed by atoms with Gasteiger partial charge in [-0.05, 0) is 5.56 Å². The van der Waals surface area contributed by atoms with E-state index in [-0.39, 0.29) is 42.7 Å². The number of amides is 2. The average Bonchev–Trinajstić information content (AvgIpc) is 2.70. The molecule has 0 aliphatic carbocycles. The molecule has 0 saturated carbocycles. The predicted octanol–water partition coefficient (Wildman–Crippen LogP) is 0.498. The molecule has 1 saturated heterocycles. The van der Waals surface area contributed by atoms with Gasteiger partial charge in [-0.2, -0.15) is 0 Å². The predicted molar refractivity (Wildman–Crippen MR) is 79.7 cm³/mol. The van der Waals surface area contributed by atoms with E-state index >= 15 is 0 Å². The summed E-state index contributed by atoms with van der Waals surface area (Å²) in [6, 6.07) is 9.35. The summed E-state index contributed by atoms with van der Waals surface area (Å²) in [6.45, 7) is 0.822. The lowest BCUT2D eigenvalue weighted by atomic mass is 9.98. The van der Waals surface area contributed by atoms with Crippen LogP contribution in [0.5, 0.6) is 0 Å². The zero-order valence-corrected chi connectivity index (χ0v) is 12.2. The molecule has 3 N–H and O–H groups in total. The summed E-state index contributed by atoms with van der Waals surface area (Å²) >= 11 is 0. The van der Waals surface area contributed by atoms with Gasteiger partial charge in [0.2, 0.25) is 11.8 Å². The van der Waals surface area contributed by atoms with Crippen molar-refractivity contribution in [2.75, 3.05) is 20.1 Å². The van der Waals surface area contributed by atoms with Gasteiger partial charge in [-0.25, -0.2) is 0 Å². The van der Waals surface area contributed by atoms with Crippen LogP contribution in [-0.4, -0.2) is 42.9 Å². The molecule has 5 nitrogen and oxygen atoms in total. The second-order valence-corrected chi connectivity index (χ2v) is 4.88. The van der Waals surface area contributed by atoms with Crippen molar-refractivity contribution in [3.63, 3.8) is 0 Å². The Hall–Kier alpha value is -1.59. The Balaban J connectivity index is 0.00000200. The largest absolute Gasteiger partial charge is 0.350 e. The van der Waals surface area contributed by atoms with Crippen LogP contribution in [0.25, 0.3) is 0 Å². The summed E-state index contributed by atoms with van der Waals surface area (Å²) in [6.07, 6.45) is 0.369. The van der Waals surface area contributed by atoms with Crippen LogP contribution in [0.15, 0.2) is 30.3 Å². The number of halogens is 1. The van der Waals surface area contributed by atoms with Gasteiger partial charge in [0, 0.05) is 26.6 Å². The van der Waals surface area contributed by atoms with E-state index in [1.54, 1.807) is 11.9 Å². The van der Waals surface area contributed by atoms with E-state index < -0.39 is 0 Å². The maximum Gasteiger partial charge on any atom is 0.229 e. The van der Waals surface area contributed by atoms with Crippen LogP contribution in [0.1, 0.15) is 17.9 Å². The molecule has 0 aromatic heterocycles. The summed E-state index contributed by atoms with van der Waals surface area (Å²) in [5, 5.41) is 2.91. The Morgan fingerprint density at radius 3 is 2.60 bits per heavy atom. The minimum Gasteiger partial charge on any atom is -0.350 e. The Kier molecular flexibility index (Phi) is 5.98. The van der Waals surface area contributed by atoms with Gasteiger partial charge in [0.15, 0.2) is 0 Å². The number of nitrogens with zero attached hydrogens (tertiary/aromatic N) is 1. The second-order valence-electron chi connectivity index (χ2n) is 4.88. The highest BCUT2D eigenvalue weighted by Gasteiger charge is 2.30. The van der Waals surface area contributed by atoms with Crippen molar-refractivity contribution in [1.82, 2.24) is 10.2 Å². The number of likely N-dealkylation sites (N-methyl/N-ethyl adjacent to an activating group) is 1. The van der Waals surface area contributed by atoms with Crippen molar-refractivity contribution in [3.8, 4) is 0 Å². The molecule has 2 atom stereocenters. The fraction of sp³-hybridized carbons (Fsp3) is 0.429. The molecule has 1 aromatic carbocycles. The van der Waals surface area contributed by atoms with Crippen LogP contribution in [0, 0.1) is 0 Å². The van der Waals surface area contributed by atoms with Crippen LogP contribution < -0.4 is 11.1 Å². The van der Waals surface area contributed by atoms with E-state index in [0.29, 0.717) is 13.0 Å². The van der Waals surface area contributed by atoms with E-state index in [0.717, 1.165) is 5.56 Å². The number of hydrogen-bond acceptors (Lipinski definition) is 3. The third-order valence-electron chi connectivity index (χ3n) is 3.44. The van der Waals surface area contributed by atoms with Crippen molar-refractivity contribution in [3.05, 3.63) is 35.9 Å². The van der Waals surface area contributed by atoms with Crippen LogP contribution >= 0.6 is 12.4 Å². The molecule has 1 fully saturated rings. The number of likely N-dealkylation sites (tertiary alicyclic amines) is 1. The Morgan fingerprint density at radius 1 is 1.45 bits per heavy atom. The summed E-state index contributed by atoms with van der Waals surface area (Å²) in [5.41, 5.74) is 6.60. The molecule has 0 bridgehead atoms. The highest BCUT2D eigenvalue weighted by Crippen LogP contribution is 2.16. The molecule has 1 heterocycles. The topological polar surface area (TPSA) is 75.4 Å². The molecule has 110 valence electrons. The molecule has 2 amide bonds. The highest BCUT2D eigenvalue weighted by molar-refractivity contribution is 5.86.